The molecule has 3 rings (SSSR count). The topological polar surface area (TPSA) is 44.8 Å². The van der Waals surface area contributed by atoms with Crippen LogP contribution in [0.5, 0.6) is 0 Å². The smallest absolute Gasteiger partial charge is 0.250 e. The number of rotatable bonds is 3. The molecule has 0 saturated carbocycles. The Morgan fingerprint density at radius 2 is 2.22 bits per heavy atom. The molecule has 0 aromatic heterocycles. The Kier molecular flexibility index (Phi) is 5.04. The third-order valence-electron chi connectivity index (χ3n) is 4.36. The molecule has 2 saturated heterocycles. The second-order valence-corrected chi connectivity index (χ2v) is 6.57. The molecule has 126 valence electrons. The fraction of sp³-hybridized carbons (Fsp3) is 0.562. The third-order valence-corrected chi connectivity index (χ3v) is 4.65. The van der Waals surface area contributed by atoms with Gasteiger partial charge in [-0.1, -0.05) is 11.6 Å². The van der Waals surface area contributed by atoms with Gasteiger partial charge >= 0.3 is 0 Å². The standard InChI is InChI=1S/C16H21ClFN3O2/c1-20-6-7-23-15(10-20)16(22)19-11-4-5-21(9-11)12-2-3-14(18)13(17)8-12/h2-3,8,11,15H,4-7,9-10H2,1H3,(H,19,22)/t11-,15+/m1/s1. The van der Waals surface area contributed by atoms with Crippen LogP contribution in [0.15, 0.2) is 18.2 Å². The molecule has 0 radical (unpaired) electrons. The van der Waals surface area contributed by atoms with Gasteiger partial charge in [0.2, 0.25) is 0 Å². The summed E-state index contributed by atoms with van der Waals surface area (Å²) >= 11 is 5.84. The van der Waals surface area contributed by atoms with Crippen LogP contribution < -0.4 is 10.2 Å². The van der Waals surface area contributed by atoms with Crippen LogP contribution in [0.4, 0.5) is 10.1 Å². The van der Waals surface area contributed by atoms with Gasteiger partial charge in [-0.2, -0.15) is 0 Å². The van der Waals surface area contributed by atoms with Crippen LogP contribution in [0.25, 0.3) is 0 Å². The van der Waals surface area contributed by atoms with Gasteiger partial charge in [0.05, 0.1) is 11.6 Å². The Bertz CT molecular complexity index is 586. The summed E-state index contributed by atoms with van der Waals surface area (Å²) < 4.78 is 18.8. The number of amides is 1. The van der Waals surface area contributed by atoms with Gasteiger partial charge in [-0.25, -0.2) is 4.39 Å². The van der Waals surface area contributed by atoms with Crippen LogP contribution >= 0.6 is 11.6 Å². The maximum Gasteiger partial charge on any atom is 0.250 e. The molecule has 0 spiro atoms. The molecule has 1 amide bonds. The van der Waals surface area contributed by atoms with Crippen LogP contribution in [0.2, 0.25) is 5.02 Å². The Morgan fingerprint density at radius 1 is 1.39 bits per heavy atom. The first kappa shape index (κ1) is 16.5. The predicted molar refractivity (Wildman–Crippen MR) is 87.4 cm³/mol. The zero-order chi connectivity index (χ0) is 16.4. The molecule has 23 heavy (non-hydrogen) atoms. The average Bonchev–Trinajstić information content (AvgIpc) is 2.98. The molecule has 7 heteroatoms. The van der Waals surface area contributed by atoms with E-state index >= 15 is 0 Å². The summed E-state index contributed by atoms with van der Waals surface area (Å²) in [7, 11) is 1.98. The van der Waals surface area contributed by atoms with Crippen molar-refractivity contribution >= 4 is 23.2 Å². The zero-order valence-corrected chi connectivity index (χ0v) is 13.9. The lowest BCUT2D eigenvalue weighted by Gasteiger charge is -2.30. The summed E-state index contributed by atoms with van der Waals surface area (Å²) in [6, 6.07) is 4.78. The van der Waals surface area contributed by atoms with Crippen molar-refractivity contribution in [3.63, 3.8) is 0 Å². The summed E-state index contributed by atoms with van der Waals surface area (Å²) in [4.78, 5) is 16.5. The summed E-state index contributed by atoms with van der Waals surface area (Å²) in [6.45, 7) is 3.55. The Balaban J connectivity index is 1.55. The molecule has 1 aromatic rings. The van der Waals surface area contributed by atoms with Crippen molar-refractivity contribution in [2.45, 2.75) is 18.6 Å². The normalized spacial score (nSPS) is 25.6. The number of benzene rings is 1. The molecule has 0 unspecified atom stereocenters. The maximum atomic E-state index is 13.2. The Hall–Kier alpha value is -1.37. The molecule has 2 atom stereocenters. The van der Waals surface area contributed by atoms with Crippen molar-refractivity contribution in [2.75, 3.05) is 44.7 Å². The first-order valence-electron chi connectivity index (χ1n) is 7.83. The van der Waals surface area contributed by atoms with E-state index in [1.54, 1.807) is 12.1 Å². The lowest BCUT2D eigenvalue weighted by molar-refractivity contribution is -0.138. The second kappa shape index (κ2) is 7.03. The minimum Gasteiger partial charge on any atom is -0.369 e. The fourth-order valence-corrected chi connectivity index (χ4v) is 3.20. The van der Waals surface area contributed by atoms with Crippen molar-refractivity contribution in [3.8, 4) is 0 Å². The van der Waals surface area contributed by atoms with E-state index in [0.29, 0.717) is 19.7 Å². The molecule has 0 bridgehead atoms. The summed E-state index contributed by atoms with van der Waals surface area (Å²) in [5.74, 6) is -0.474. The van der Waals surface area contributed by atoms with Crippen molar-refractivity contribution in [2.24, 2.45) is 0 Å². The highest BCUT2D eigenvalue weighted by Gasteiger charge is 2.29. The lowest BCUT2D eigenvalue weighted by Crippen LogP contribution is -2.51. The van der Waals surface area contributed by atoms with Crippen molar-refractivity contribution < 1.29 is 13.9 Å². The second-order valence-electron chi connectivity index (χ2n) is 6.16. The summed E-state index contributed by atoms with van der Waals surface area (Å²) in [5, 5.41) is 3.17. The fourth-order valence-electron chi connectivity index (χ4n) is 3.02. The number of carbonyl (C=O) groups is 1. The quantitative estimate of drug-likeness (QED) is 0.905. The molecule has 1 aromatic carbocycles. The number of carbonyl (C=O) groups excluding carboxylic acids is 1. The summed E-state index contributed by atoms with van der Waals surface area (Å²) in [5.41, 5.74) is 0.877. The van der Waals surface area contributed by atoms with Crippen LogP contribution in [0.1, 0.15) is 6.42 Å². The number of nitrogens with zero attached hydrogens (tertiary/aromatic N) is 2. The van der Waals surface area contributed by atoms with E-state index in [1.165, 1.54) is 6.07 Å². The lowest BCUT2D eigenvalue weighted by atomic mass is 10.2. The molecule has 2 heterocycles. The molecular formula is C16H21ClFN3O2. The van der Waals surface area contributed by atoms with E-state index in [2.05, 4.69) is 15.1 Å². The average molecular weight is 342 g/mol. The molecule has 1 N–H and O–H groups in total. The molecular weight excluding hydrogens is 321 g/mol. The van der Waals surface area contributed by atoms with Gasteiger partial charge in [0.25, 0.3) is 5.91 Å². The van der Waals surface area contributed by atoms with E-state index in [1.807, 2.05) is 7.05 Å². The van der Waals surface area contributed by atoms with Crippen molar-refractivity contribution in [1.29, 1.82) is 0 Å². The highest BCUT2D eigenvalue weighted by atomic mass is 35.5. The van der Waals surface area contributed by atoms with Crippen molar-refractivity contribution in [1.82, 2.24) is 10.2 Å². The van der Waals surface area contributed by atoms with Crippen LogP contribution in [0.3, 0.4) is 0 Å². The largest absolute Gasteiger partial charge is 0.369 e. The number of halogens is 2. The number of hydrogen-bond acceptors (Lipinski definition) is 4. The van der Waals surface area contributed by atoms with Gasteiger partial charge in [-0.3, -0.25) is 4.79 Å². The number of nitrogens with one attached hydrogen (secondary N) is 1. The Morgan fingerprint density at radius 3 is 2.96 bits per heavy atom. The number of hydrogen-bond donors (Lipinski definition) is 1. The van der Waals surface area contributed by atoms with Crippen LogP contribution in [0, 0.1) is 5.82 Å². The first-order chi connectivity index (χ1) is 11.0. The Labute approximate surface area is 140 Å². The van der Waals surface area contributed by atoms with Gasteiger partial charge in [-0.05, 0) is 31.7 Å². The number of anilines is 1. The van der Waals surface area contributed by atoms with Gasteiger partial charge in [0, 0.05) is 37.9 Å². The third kappa shape index (κ3) is 3.94. The van der Waals surface area contributed by atoms with Gasteiger partial charge in [-0.15, -0.1) is 0 Å². The van der Waals surface area contributed by atoms with E-state index < -0.39 is 11.9 Å². The van der Waals surface area contributed by atoms with Gasteiger partial charge < -0.3 is 19.9 Å². The highest BCUT2D eigenvalue weighted by Crippen LogP contribution is 2.25. The minimum absolute atomic E-state index is 0.0551. The number of morpholine rings is 1. The monoisotopic (exact) mass is 341 g/mol. The number of likely N-dealkylation sites (N-methyl/N-ethyl adjacent to an activating group) is 1. The molecule has 0 aliphatic carbocycles. The predicted octanol–water partition coefficient (Wildman–Crippen LogP) is 1.50. The molecule has 2 aliphatic heterocycles. The SMILES string of the molecule is CN1CCO[C@H](C(=O)N[C@@H]2CCN(c3ccc(F)c(Cl)c3)C2)C1. The van der Waals surface area contributed by atoms with E-state index in [0.717, 1.165) is 25.2 Å². The summed E-state index contributed by atoms with van der Waals surface area (Å²) in [6.07, 6.45) is 0.451. The minimum atomic E-state index is -0.418. The van der Waals surface area contributed by atoms with Gasteiger partial charge in [0.1, 0.15) is 11.9 Å². The van der Waals surface area contributed by atoms with Gasteiger partial charge in [0.15, 0.2) is 0 Å². The van der Waals surface area contributed by atoms with E-state index in [4.69, 9.17) is 16.3 Å². The number of ether oxygens (including phenoxy) is 1. The molecule has 2 aliphatic rings. The maximum absolute atomic E-state index is 13.2. The van der Waals surface area contributed by atoms with E-state index in [-0.39, 0.29) is 17.0 Å². The zero-order valence-electron chi connectivity index (χ0n) is 13.1. The first-order valence-corrected chi connectivity index (χ1v) is 8.21. The van der Waals surface area contributed by atoms with Crippen molar-refractivity contribution in [3.05, 3.63) is 29.0 Å². The highest BCUT2D eigenvalue weighted by molar-refractivity contribution is 6.31. The van der Waals surface area contributed by atoms with E-state index in [9.17, 15) is 9.18 Å². The molecule has 2 fully saturated rings. The molecule has 5 nitrogen and oxygen atoms in total. The van der Waals surface area contributed by atoms with Crippen LogP contribution in [-0.2, 0) is 9.53 Å². The van der Waals surface area contributed by atoms with Crippen LogP contribution in [-0.4, -0.2) is 62.8 Å².